The highest BCUT2D eigenvalue weighted by molar-refractivity contribution is 6.31. The number of aromatic hydroxyl groups is 2. The standard InChI is InChI=1S/C17H14Cl2O4/c18-10-4-6-16(22)12(8-10)14(20)2-1-3-15(21)13-9-11(19)5-7-17(13)23/h4-9,22-23H,1-3H2. The molecule has 0 amide bonds. The minimum Gasteiger partial charge on any atom is -0.507 e. The van der Waals surface area contributed by atoms with Gasteiger partial charge in [0.15, 0.2) is 11.6 Å². The Kier molecular flexibility index (Phi) is 5.64. The Morgan fingerprint density at radius 1 is 0.783 bits per heavy atom. The second kappa shape index (κ2) is 7.49. The van der Waals surface area contributed by atoms with Crippen molar-refractivity contribution in [3.63, 3.8) is 0 Å². The molecule has 0 aliphatic carbocycles. The molecule has 2 aromatic carbocycles. The monoisotopic (exact) mass is 352 g/mol. The number of benzene rings is 2. The van der Waals surface area contributed by atoms with Gasteiger partial charge in [-0.05, 0) is 42.8 Å². The predicted molar refractivity (Wildman–Crippen MR) is 88.7 cm³/mol. The zero-order valence-corrected chi connectivity index (χ0v) is 13.6. The van der Waals surface area contributed by atoms with Gasteiger partial charge in [-0.15, -0.1) is 0 Å². The van der Waals surface area contributed by atoms with Crippen LogP contribution in [0.2, 0.25) is 10.0 Å². The molecule has 23 heavy (non-hydrogen) atoms. The molecule has 0 aliphatic rings. The quantitative estimate of drug-likeness (QED) is 0.742. The normalized spacial score (nSPS) is 10.5. The molecule has 0 heterocycles. The van der Waals surface area contributed by atoms with E-state index in [0.717, 1.165) is 0 Å². The van der Waals surface area contributed by atoms with Gasteiger partial charge < -0.3 is 10.2 Å². The molecule has 0 radical (unpaired) electrons. The molecule has 0 aromatic heterocycles. The summed E-state index contributed by atoms with van der Waals surface area (Å²) in [5, 5.41) is 20.0. The number of Topliss-reactive ketones (excluding diaryl/α,β-unsaturated/α-hetero) is 2. The van der Waals surface area contributed by atoms with Gasteiger partial charge in [-0.3, -0.25) is 9.59 Å². The Labute approximate surface area is 143 Å². The highest BCUT2D eigenvalue weighted by Gasteiger charge is 2.15. The van der Waals surface area contributed by atoms with Crippen molar-refractivity contribution in [3.05, 3.63) is 57.6 Å². The Morgan fingerprint density at radius 2 is 1.17 bits per heavy atom. The molecule has 6 heteroatoms. The number of halogens is 2. The van der Waals surface area contributed by atoms with Crippen molar-refractivity contribution in [1.82, 2.24) is 0 Å². The molecule has 2 N–H and O–H groups in total. The van der Waals surface area contributed by atoms with Crippen LogP contribution in [0.3, 0.4) is 0 Å². The van der Waals surface area contributed by atoms with Crippen LogP contribution in [0.4, 0.5) is 0 Å². The molecule has 0 aliphatic heterocycles. The summed E-state index contributed by atoms with van der Waals surface area (Å²) in [4.78, 5) is 24.1. The predicted octanol–water partition coefficient (Wildman–Crippen LogP) is 4.64. The summed E-state index contributed by atoms with van der Waals surface area (Å²) in [5.41, 5.74) is 0.270. The van der Waals surface area contributed by atoms with Gasteiger partial charge in [-0.1, -0.05) is 23.2 Å². The third kappa shape index (κ3) is 4.47. The Bertz CT molecular complexity index is 693. The SMILES string of the molecule is O=C(CCCC(=O)c1cc(Cl)ccc1O)c1cc(Cl)ccc1O. The van der Waals surface area contributed by atoms with Gasteiger partial charge in [0.05, 0.1) is 11.1 Å². The van der Waals surface area contributed by atoms with Crippen molar-refractivity contribution in [1.29, 1.82) is 0 Å². The second-order valence-electron chi connectivity index (χ2n) is 5.02. The smallest absolute Gasteiger partial charge is 0.166 e. The maximum absolute atomic E-state index is 12.1. The van der Waals surface area contributed by atoms with E-state index >= 15 is 0 Å². The molecule has 120 valence electrons. The fourth-order valence-electron chi connectivity index (χ4n) is 2.14. The van der Waals surface area contributed by atoms with E-state index in [1.807, 2.05) is 0 Å². The molecule has 0 saturated carbocycles. The highest BCUT2D eigenvalue weighted by atomic mass is 35.5. The van der Waals surface area contributed by atoms with Gasteiger partial charge in [-0.25, -0.2) is 0 Å². The molecule has 0 fully saturated rings. The van der Waals surface area contributed by atoms with E-state index in [-0.39, 0.29) is 53.5 Å². The second-order valence-corrected chi connectivity index (χ2v) is 5.90. The van der Waals surface area contributed by atoms with Crippen LogP contribution in [-0.4, -0.2) is 21.8 Å². The lowest BCUT2D eigenvalue weighted by atomic mass is 10.0. The molecule has 2 rings (SSSR count). The number of hydrogen-bond donors (Lipinski definition) is 2. The van der Waals surface area contributed by atoms with Crippen molar-refractivity contribution in [3.8, 4) is 11.5 Å². The molecule has 0 bridgehead atoms. The summed E-state index contributed by atoms with van der Waals surface area (Å²) >= 11 is 11.6. The lowest BCUT2D eigenvalue weighted by molar-refractivity contribution is 0.0955. The average molecular weight is 353 g/mol. The summed E-state index contributed by atoms with van der Waals surface area (Å²) in [6.07, 6.45) is 0.456. The fourth-order valence-corrected chi connectivity index (χ4v) is 2.49. The number of ketones is 2. The molecular formula is C17H14Cl2O4. The van der Waals surface area contributed by atoms with Crippen molar-refractivity contribution in [2.75, 3.05) is 0 Å². The van der Waals surface area contributed by atoms with Crippen molar-refractivity contribution in [2.24, 2.45) is 0 Å². The van der Waals surface area contributed by atoms with Crippen LogP contribution < -0.4 is 0 Å². The first-order valence-electron chi connectivity index (χ1n) is 6.92. The molecule has 0 spiro atoms. The number of phenolic OH excluding ortho intramolecular Hbond substituents is 2. The lowest BCUT2D eigenvalue weighted by Crippen LogP contribution is -2.04. The number of rotatable bonds is 6. The van der Waals surface area contributed by atoms with Crippen LogP contribution in [0.1, 0.15) is 40.0 Å². The highest BCUT2D eigenvalue weighted by Crippen LogP contribution is 2.25. The van der Waals surface area contributed by atoms with Crippen molar-refractivity contribution >= 4 is 34.8 Å². The van der Waals surface area contributed by atoms with E-state index in [1.165, 1.54) is 36.4 Å². The van der Waals surface area contributed by atoms with Gasteiger partial charge in [0.25, 0.3) is 0 Å². The number of hydrogen-bond acceptors (Lipinski definition) is 4. The van der Waals surface area contributed by atoms with Crippen LogP contribution in [0, 0.1) is 0 Å². The van der Waals surface area contributed by atoms with Gasteiger partial charge >= 0.3 is 0 Å². The van der Waals surface area contributed by atoms with Gasteiger partial charge in [0.1, 0.15) is 11.5 Å². The van der Waals surface area contributed by atoms with Crippen LogP contribution in [0.25, 0.3) is 0 Å². The molecule has 0 saturated heterocycles. The fraction of sp³-hybridized carbons (Fsp3) is 0.176. The van der Waals surface area contributed by atoms with E-state index in [2.05, 4.69) is 0 Å². The van der Waals surface area contributed by atoms with E-state index < -0.39 is 0 Å². The first kappa shape index (κ1) is 17.3. The summed E-state index contributed by atoms with van der Waals surface area (Å²) in [7, 11) is 0. The molecule has 0 unspecified atom stereocenters. The van der Waals surface area contributed by atoms with Crippen molar-refractivity contribution < 1.29 is 19.8 Å². The van der Waals surface area contributed by atoms with E-state index in [1.54, 1.807) is 0 Å². The van der Waals surface area contributed by atoms with E-state index in [4.69, 9.17) is 23.2 Å². The maximum Gasteiger partial charge on any atom is 0.166 e. The third-order valence-corrected chi connectivity index (χ3v) is 3.80. The van der Waals surface area contributed by atoms with Crippen LogP contribution >= 0.6 is 23.2 Å². The topological polar surface area (TPSA) is 74.6 Å². The maximum atomic E-state index is 12.1. The largest absolute Gasteiger partial charge is 0.507 e. The van der Waals surface area contributed by atoms with Crippen molar-refractivity contribution in [2.45, 2.75) is 19.3 Å². The third-order valence-electron chi connectivity index (χ3n) is 3.33. The molecule has 4 nitrogen and oxygen atoms in total. The lowest BCUT2D eigenvalue weighted by Gasteiger charge is -2.06. The average Bonchev–Trinajstić information content (AvgIpc) is 2.51. The van der Waals surface area contributed by atoms with E-state index in [9.17, 15) is 19.8 Å². The van der Waals surface area contributed by atoms with Gasteiger partial charge in [0, 0.05) is 22.9 Å². The molecule has 2 aromatic rings. The minimum absolute atomic E-state index is 0.0843. The number of carbonyl (C=O) groups is 2. The summed E-state index contributed by atoms with van der Waals surface area (Å²) < 4.78 is 0. The Balaban J connectivity index is 1.96. The Hall–Kier alpha value is -2.04. The van der Waals surface area contributed by atoms with Crippen LogP contribution in [0.15, 0.2) is 36.4 Å². The number of phenols is 2. The zero-order chi connectivity index (χ0) is 17.0. The van der Waals surface area contributed by atoms with Gasteiger partial charge in [-0.2, -0.15) is 0 Å². The molecule has 0 atom stereocenters. The number of carbonyl (C=O) groups excluding carboxylic acids is 2. The van der Waals surface area contributed by atoms with Crippen LogP contribution in [-0.2, 0) is 0 Å². The summed E-state index contributed by atoms with van der Waals surface area (Å²) in [5.74, 6) is -0.877. The summed E-state index contributed by atoms with van der Waals surface area (Å²) in [6.45, 7) is 0. The first-order valence-corrected chi connectivity index (χ1v) is 7.67. The summed E-state index contributed by atoms with van der Waals surface area (Å²) in [6, 6.07) is 8.46. The first-order chi connectivity index (χ1) is 10.9. The molecular weight excluding hydrogens is 339 g/mol. The zero-order valence-electron chi connectivity index (χ0n) is 12.1. The minimum atomic E-state index is -0.298. The van der Waals surface area contributed by atoms with Crippen LogP contribution in [0.5, 0.6) is 11.5 Å². The van der Waals surface area contributed by atoms with E-state index in [0.29, 0.717) is 10.0 Å². The Morgan fingerprint density at radius 3 is 1.57 bits per heavy atom. The van der Waals surface area contributed by atoms with Gasteiger partial charge in [0.2, 0.25) is 0 Å².